The van der Waals surface area contributed by atoms with Crippen molar-refractivity contribution in [1.29, 1.82) is 0 Å². The Bertz CT molecular complexity index is 319. The van der Waals surface area contributed by atoms with Gasteiger partial charge in [0.2, 0.25) is 5.91 Å². The van der Waals surface area contributed by atoms with Gasteiger partial charge in [0.1, 0.15) is 6.04 Å². The van der Waals surface area contributed by atoms with Crippen molar-refractivity contribution < 1.29 is 14.3 Å². The van der Waals surface area contributed by atoms with Crippen LogP contribution in [0.4, 0.5) is 0 Å². The summed E-state index contributed by atoms with van der Waals surface area (Å²) >= 11 is 0. The molecule has 2 aliphatic heterocycles. The Morgan fingerprint density at radius 3 is 2.35 bits per heavy atom. The van der Waals surface area contributed by atoms with E-state index in [1.165, 1.54) is 7.11 Å². The second-order valence-corrected chi connectivity index (χ2v) is 4.85. The fourth-order valence-corrected chi connectivity index (χ4v) is 2.83. The molecule has 5 nitrogen and oxygen atoms in total. The van der Waals surface area contributed by atoms with Crippen LogP contribution in [-0.2, 0) is 14.3 Å². The lowest BCUT2D eigenvalue weighted by Gasteiger charge is -2.28. The fourth-order valence-electron chi connectivity index (χ4n) is 2.83. The highest BCUT2D eigenvalue weighted by molar-refractivity contribution is 5.88. The number of nitrogens with zero attached hydrogens (tertiary/aromatic N) is 2. The first kappa shape index (κ1) is 12.4. The van der Waals surface area contributed by atoms with Gasteiger partial charge in [-0.25, -0.2) is 4.79 Å². The molecule has 2 rings (SSSR count). The maximum atomic E-state index is 12.4. The molecule has 0 radical (unpaired) electrons. The molecule has 2 fully saturated rings. The fraction of sp³-hybridized carbons (Fsp3) is 0.833. The third kappa shape index (κ3) is 2.29. The minimum Gasteiger partial charge on any atom is -0.467 e. The van der Waals surface area contributed by atoms with Gasteiger partial charge >= 0.3 is 5.97 Å². The number of methoxy groups -OCH3 is 1. The highest BCUT2D eigenvalue weighted by Gasteiger charge is 2.39. The number of likely N-dealkylation sites (tertiary alicyclic amines) is 2. The van der Waals surface area contributed by atoms with Crippen LogP contribution >= 0.6 is 0 Å². The van der Waals surface area contributed by atoms with Gasteiger partial charge in [0.25, 0.3) is 0 Å². The van der Waals surface area contributed by atoms with Gasteiger partial charge < -0.3 is 9.64 Å². The summed E-state index contributed by atoms with van der Waals surface area (Å²) in [6, 6.07) is -0.401. The third-order valence-corrected chi connectivity index (χ3v) is 3.81. The molecule has 0 saturated carbocycles. The summed E-state index contributed by atoms with van der Waals surface area (Å²) < 4.78 is 4.76. The number of hydrogen-bond donors (Lipinski definition) is 0. The minimum absolute atomic E-state index is 0.0414. The van der Waals surface area contributed by atoms with E-state index < -0.39 is 0 Å². The molecule has 5 heteroatoms. The number of amides is 1. The quantitative estimate of drug-likeness (QED) is 0.649. The van der Waals surface area contributed by atoms with E-state index in [9.17, 15) is 9.59 Å². The van der Waals surface area contributed by atoms with Crippen LogP contribution < -0.4 is 0 Å². The van der Waals surface area contributed by atoms with Crippen molar-refractivity contribution in [3.8, 4) is 0 Å². The normalized spacial score (nSPS) is 29.6. The zero-order valence-corrected chi connectivity index (χ0v) is 10.5. The van der Waals surface area contributed by atoms with Gasteiger partial charge in [-0.1, -0.05) is 0 Å². The van der Waals surface area contributed by atoms with Crippen LogP contribution in [0.3, 0.4) is 0 Å². The van der Waals surface area contributed by atoms with E-state index in [-0.39, 0.29) is 24.0 Å². The van der Waals surface area contributed by atoms with Crippen molar-refractivity contribution in [2.24, 2.45) is 0 Å². The molecule has 0 aromatic heterocycles. The second kappa shape index (κ2) is 5.04. The summed E-state index contributed by atoms with van der Waals surface area (Å²) in [5.74, 6) is -0.186. The highest BCUT2D eigenvalue weighted by Crippen LogP contribution is 2.24. The van der Waals surface area contributed by atoms with Crippen LogP contribution in [-0.4, -0.2) is 61.0 Å². The Hall–Kier alpha value is -1.10. The van der Waals surface area contributed by atoms with Gasteiger partial charge in [0.05, 0.1) is 13.2 Å². The maximum absolute atomic E-state index is 12.4. The van der Waals surface area contributed by atoms with E-state index in [0.29, 0.717) is 6.54 Å². The molecule has 17 heavy (non-hydrogen) atoms. The SMILES string of the molecule is COC(=O)[C@H]1CCCN1C(=O)[C@H]1CCCN1C. The zero-order chi connectivity index (χ0) is 12.4. The Balaban J connectivity index is 2.05. The molecule has 96 valence electrons. The van der Waals surface area contributed by atoms with E-state index >= 15 is 0 Å². The summed E-state index contributed by atoms with van der Waals surface area (Å²) in [6.45, 7) is 1.65. The summed E-state index contributed by atoms with van der Waals surface area (Å²) in [6.07, 6.45) is 3.58. The van der Waals surface area contributed by atoms with E-state index in [1.807, 2.05) is 7.05 Å². The van der Waals surface area contributed by atoms with Gasteiger partial charge in [-0.15, -0.1) is 0 Å². The van der Waals surface area contributed by atoms with Crippen molar-refractivity contribution in [2.75, 3.05) is 27.2 Å². The number of likely N-dealkylation sites (N-methyl/N-ethyl adjacent to an activating group) is 1. The van der Waals surface area contributed by atoms with Crippen LogP contribution in [0, 0.1) is 0 Å². The third-order valence-electron chi connectivity index (χ3n) is 3.81. The van der Waals surface area contributed by atoms with Gasteiger partial charge in [-0.05, 0) is 39.3 Å². The molecule has 2 saturated heterocycles. The first-order chi connectivity index (χ1) is 8.15. The number of ether oxygens (including phenoxy) is 1. The summed E-state index contributed by atoms with van der Waals surface area (Å²) in [7, 11) is 3.35. The van der Waals surface area contributed by atoms with Crippen LogP contribution in [0.2, 0.25) is 0 Å². The van der Waals surface area contributed by atoms with Crippen molar-refractivity contribution in [2.45, 2.75) is 37.8 Å². The smallest absolute Gasteiger partial charge is 0.328 e. The second-order valence-electron chi connectivity index (χ2n) is 4.85. The summed E-state index contributed by atoms with van der Waals surface area (Å²) in [4.78, 5) is 27.7. The first-order valence-electron chi connectivity index (χ1n) is 6.23. The lowest BCUT2D eigenvalue weighted by atomic mass is 10.1. The molecule has 0 aromatic carbocycles. The average Bonchev–Trinajstić information content (AvgIpc) is 2.95. The molecule has 2 aliphatic rings. The van der Waals surface area contributed by atoms with Crippen LogP contribution in [0.25, 0.3) is 0 Å². The predicted molar refractivity (Wildman–Crippen MR) is 62.4 cm³/mol. The standard InChI is InChI=1S/C12H20N2O3/c1-13-7-3-5-9(13)11(15)14-8-4-6-10(14)12(16)17-2/h9-10H,3-8H2,1-2H3/t9-,10-/m1/s1. The van der Waals surface area contributed by atoms with Crippen molar-refractivity contribution in [3.05, 3.63) is 0 Å². The Morgan fingerprint density at radius 2 is 1.76 bits per heavy atom. The maximum Gasteiger partial charge on any atom is 0.328 e. The van der Waals surface area contributed by atoms with Gasteiger partial charge in [-0.3, -0.25) is 9.69 Å². The molecule has 0 unspecified atom stereocenters. The van der Waals surface area contributed by atoms with Crippen LogP contribution in [0.1, 0.15) is 25.7 Å². The van der Waals surface area contributed by atoms with Crippen LogP contribution in [0.5, 0.6) is 0 Å². The number of carbonyl (C=O) groups excluding carboxylic acids is 2. The number of hydrogen-bond acceptors (Lipinski definition) is 4. The molecule has 2 heterocycles. The molecule has 0 spiro atoms. The number of esters is 1. The van der Waals surface area contributed by atoms with E-state index in [2.05, 4.69) is 4.90 Å². The molecule has 0 aromatic rings. The average molecular weight is 240 g/mol. The molecular weight excluding hydrogens is 220 g/mol. The molecule has 0 bridgehead atoms. The topological polar surface area (TPSA) is 49.9 Å². The van der Waals surface area contributed by atoms with E-state index in [4.69, 9.17) is 4.74 Å². The Morgan fingerprint density at radius 1 is 1.12 bits per heavy atom. The summed E-state index contributed by atoms with van der Waals surface area (Å²) in [5.41, 5.74) is 0. The van der Waals surface area contributed by atoms with Gasteiger partial charge in [-0.2, -0.15) is 0 Å². The molecular formula is C12H20N2O3. The van der Waals surface area contributed by atoms with Gasteiger partial charge in [0.15, 0.2) is 0 Å². The molecule has 1 amide bonds. The van der Waals surface area contributed by atoms with Crippen molar-refractivity contribution in [1.82, 2.24) is 9.80 Å². The van der Waals surface area contributed by atoms with Crippen molar-refractivity contribution >= 4 is 11.9 Å². The van der Waals surface area contributed by atoms with E-state index in [1.54, 1.807) is 4.90 Å². The van der Waals surface area contributed by atoms with Crippen LogP contribution in [0.15, 0.2) is 0 Å². The monoisotopic (exact) mass is 240 g/mol. The Labute approximate surface area is 102 Å². The highest BCUT2D eigenvalue weighted by atomic mass is 16.5. The first-order valence-corrected chi connectivity index (χ1v) is 6.23. The van der Waals surface area contributed by atoms with Crippen molar-refractivity contribution in [3.63, 3.8) is 0 Å². The van der Waals surface area contributed by atoms with E-state index in [0.717, 1.165) is 32.2 Å². The number of carbonyl (C=O) groups is 2. The lowest BCUT2D eigenvalue weighted by Crippen LogP contribution is -2.48. The minimum atomic E-state index is -0.360. The predicted octanol–water partition coefficient (Wildman–Crippen LogP) is 0.245. The molecule has 2 atom stereocenters. The zero-order valence-electron chi connectivity index (χ0n) is 10.5. The van der Waals surface area contributed by atoms with Gasteiger partial charge in [0, 0.05) is 6.54 Å². The molecule has 0 N–H and O–H groups in total. The Kier molecular flexibility index (Phi) is 3.66. The lowest BCUT2D eigenvalue weighted by molar-refractivity contribution is -0.152. The largest absolute Gasteiger partial charge is 0.467 e. The summed E-state index contributed by atoms with van der Waals surface area (Å²) in [5, 5.41) is 0. The number of rotatable bonds is 2. The molecule has 0 aliphatic carbocycles.